The third kappa shape index (κ3) is 4.64. The summed E-state index contributed by atoms with van der Waals surface area (Å²) in [5.74, 6) is -0.934. The predicted octanol–water partition coefficient (Wildman–Crippen LogP) is 3.54. The first-order valence-electron chi connectivity index (χ1n) is 8.64. The molecule has 0 saturated carbocycles. The summed E-state index contributed by atoms with van der Waals surface area (Å²) in [4.78, 5) is 38.2. The molecule has 0 atom stereocenters. The number of rotatable bonds is 6. The van der Waals surface area contributed by atoms with Crippen molar-refractivity contribution in [2.24, 2.45) is 4.99 Å². The lowest BCUT2D eigenvalue weighted by atomic mass is 10.1. The van der Waals surface area contributed by atoms with Crippen LogP contribution in [-0.2, 0) is 14.3 Å². The number of nitro benzene ring substituents is 1. The van der Waals surface area contributed by atoms with E-state index < -0.39 is 16.9 Å². The highest BCUT2D eigenvalue weighted by Gasteiger charge is 2.26. The van der Waals surface area contributed by atoms with Crippen molar-refractivity contribution in [2.45, 2.75) is 6.92 Å². The molecular weight excluding hydrogens is 432 g/mol. The number of cyclic esters (lactones) is 1. The Balaban J connectivity index is 2.01. The maximum atomic E-state index is 12.3. The third-order valence-electron chi connectivity index (χ3n) is 4.04. The average Bonchev–Trinajstić information content (AvgIpc) is 3.08. The lowest BCUT2D eigenvalue weighted by molar-refractivity contribution is -0.384. The van der Waals surface area contributed by atoms with Crippen LogP contribution in [0.3, 0.4) is 0 Å². The normalized spacial score (nSPS) is 14.1. The van der Waals surface area contributed by atoms with Crippen molar-refractivity contribution in [3.8, 4) is 17.2 Å². The van der Waals surface area contributed by atoms with E-state index in [0.29, 0.717) is 5.56 Å². The van der Waals surface area contributed by atoms with Crippen LogP contribution < -0.4 is 14.2 Å². The van der Waals surface area contributed by atoms with Gasteiger partial charge in [0, 0.05) is 18.6 Å². The molecule has 3 rings (SSSR count). The van der Waals surface area contributed by atoms with E-state index in [9.17, 15) is 19.7 Å². The Hall–Kier alpha value is -3.92. The summed E-state index contributed by atoms with van der Waals surface area (Å²) in [7, 11) is 2.76. The second-order valence-corrected chi connectivity index (χ2v) is 6.51. The number of hydrogen-bond acceptors (Lipinski definition) is 9. The molecule has 2 aromatic rings. The molecule has 0 radical (unpaired) electrons. The number of carbonyl (C=O) groups is 2. The second kappa shape index (κ2) is 8.84. The fraction of sp³-hybridized carbons (Fsp3) is 0.150. The summed E-state index contributed by atoms with van der Waals surface area (Å²) < 4.78 is 20.8. The van der Waals surface area contributed by atoms with Crippen LogP contribution in [-0.4, -0.2) is 37.0 Å². The number of hydrogen-bond donors (Lipinski definition) is 0. The minimum absolute atomic E-state index is 0.0542. The van der Waals surface area contributed by atoms with Crippen molar-refractivity contribution in [1.29, 1.82) is 0 Å². The summed E-state index contributed by atoms with van der Waals surface area (Å²) in [6.07, 6.45) is 1.41. The Labute approximate surface area is 180 Å². The van der Waals surface area contributed by atoms with Gasteiger partial charge in [-0.25, -0.2) is 9.79 Å². The van der Waals surface area contributed by atoms with Crippen LogP contribution in [0.2, 0.25) is 5.02 Å². The minimum Gasteiger partial charge on any atom is -0.493 e. The summed E-state index contributed by atoms with van der Waals surface area (Å²) in [6.45, 7) is 1.24. The SMILES string of the molecule is COc1cc(C=C2N=C(c3ccc(Cl)c([N+](=O)[O-])c3)OC2=O)cc(OC)c1OC(C)=O. The molecule has 0 aliphatic carbocycles. The number of ether oxygens (including phenoxy) is 4. The minimum atomic E-state index is -0.755. The van der Waals surface area contributed by atoms with E-state index in [4.69, 9.17) is 30.5 Å². The summed E-state index contributed by atoms with van der Waals surface area (Å²) in [6, 6.07) is 6.96. The molecule has 0 amide bonds. The summed E-state index contributed by atoms with van der Waals surface area (Å²) >= 11 is 5.81. The second-order valence-electron chi connectivity index (χ2n) is 6.11. The van der Waals surface area contributed by atoms with Gasteiger partial charge in [-0.3, -0.25) is 14.9 Å². The zero-order valence-electron chi connectivity index (χ0n) is 16.5. The lowest BCUT2D eigenvalue weighted by Gasteiger charge is -2.13. The Morgan fingerprint density at radius 1 is 1.19 bits per heavy atom. The molecule has 1 aliphatic heterocycles. The Morgan fingerprint density at radius 3 is 2.39 bits per heavy atom. The molecule has 0 unspecified atom stereocenters. The van der Waals surface area contributed by atoms with E-state index in [2.05, 4.69) is 4.99 Å². The van der Waals surface area contributed by atoms with Crippen molar-refractivity contribution in [2.75, 3.05) is 14.2 Å². The van der Waals surface area contributed by atoms with Crippen molar-refractivity contribution in [3.05, 3.63) is 62.3 Å². The smallest absolute Gasteiger partial charge is 0.363 e. The fourth-order valence-corrected chi connectivity index (χ4v) is 2.89. The highest BCUT2D eigenvalue weighted by Crippen LogP contribution is 2.39. The van der Waals surface area contributed by atoms with Gasteiger partial charge in [0.25, 0.3) is 5.69 Å². The summed E-state index contributed by atoms with van der Waals surface area (Å²) in [5, 5.41) is 11.0. The number of halogens is 1. The zero-order chi connectivity index (χ0) is 22.7. The fourth-order valence-electron chi connectivity index (χ4n) is 2.70. The number of nitro groups is 1. The van der Waals surface area contributed by atoms with Gasteiger partial charge in [0.2, 0.25) is 11.6 Å². The van der Waals surface area contributed by atoms with E-state index in [0.717, 1.165) is 6.07 Å². The monoisotopic (exact) mass is 446 g/mol. The highest BCUT2D eigenvalue weighted by molar-refractivity contribution is 6.32. The van der Waals surface area contributed by atoms with Crippen LogP contribution in [0.1, 0.15) is 18.1 Å². The van der Waals surface area contributed by atoms with Gasteiger partial charge < -0.3 is 18.9 Å². The molecule has 160 valence electrons. The Bertz CT molecular complexity index is 1130. The van der Waals surface area contributed by atoms with E-state index in [1.807, 2.05) is 0 Å². The number of carbonyl (C=O) groups excluding carboxylic acids is 2. The number of aliphatic imine (C=N–C) groups is 1. The lowest BCUT2D eigenvalue weighted by Crippen LogP contribution is -2.06. The zero-order valence-corrected chi connectivity index (χ0v) is 17.3. The first kappa shape index (κ1) is 21.8. The Morgan fingerprint density at radius 2 is 1.84 bits per heavy atom. The first-order valence-corrected chi connectivity index (χ1v) is 9.02. The van der Waals surface area contributed by atoms with Gasteiger partial charge in [-0.05, 0) is 35.9 Å². The number of nitrogens with zero attached hydrogens (tertiary/aromatic N) is 2. The van der Waals surface area contributed by atoms with Gasteiger partial charge in [-0.1, -0.05) is 11.6 Å². The van der Waals surface area contributed by atoms with Crippen LogP contribution in [0.4, 0.5) is 5.69 Å². The molecule has 0 N–H and O–H groups in total. The number of benzene rings is 2. The van der Waals surface area contributed by atoms with Gasteiger partial charge >= 0.3 is 11.9 Å². The maximum Gasteiger partial charge on any atom is 0.363 e. The van der Waals surface area contributed by atoms with Gasteiger partial charge in [-0.15, -0.1) is 0 Å². The molecule has 0 fully saturated rings. The maximum absolute atomic E-state index is 12.3. The van der Waals surface area contributed by atoms with Crippen molar-refractivity contribution in [1.82, 2.24) is 0 Å². The molecule has 0 bridgehead atoms. The topological polar surface area (TPSA) is 127 Å². The molecule has 0 spiro atoms. The molecule has 0 saturated heterocycles. The number of esters is 2. The van der Waals surface area contributed by atoms with Crippen LogP contribution in [0.5, 0.6) is 17.2 Å². The quantitative estimate of drug-likeness (QED) is 0.217. The van der Waals surface area contributed by atoms with Crippen LogP contribution in [0, 0.1) is 10.1 Å². The van der Waals surface area contributed by atoms with Crippen LogP contribution in [0.15, 0.2) is 41.0 Å². The average molecular weight is 447 g/mol. The van der Waals surface area contributed by atoms with E-state index >= 15 is 0 Å². The van der Waals surface area contributed by atoms with E-state index in [1.54, 1.807) is 0 Å². The van der Waals surface area contributed by atoms with Crippen molar-refractivity contribution >= 4 is 41.2 Å². The Kier molecular flexibility index (Phi) is 6.21. The predicted molar refractivity (Wildman–Crippen MR) is 110 cm³/mol. The van der Waals surface area contributed by atoms with Crippen LogP contribution >= 0.6 is 11.6 Å². The summed E-state index contributed by atoms with van der Waals surface area (Å²) in [5.41, 5.74) is 0.264. The molecule has 2 aromatic carbocycles. The van der Waals surface area contributed by atoms with Crippen LogP contribution in [0.25, 0.3) is 6.08 Å². The van der Waals surface area contributed by atoms with Gasteiger partial charge in [-0.2, -0.15) is 0 Å². The molecule has 1 heterocycles. The molecule has 11 heteroatoms. The third-order valence-corrected chi connectivity index (χ3v) is 4.36. The van der Waals surface area contributed by atoms with E-state index in [-0.39, 0.29) is 45.1 Å². The first-order chi connectivity index (χ1) is 14.7. The molecule has 10 nitrogen and oxygen atoms in total. The van der Waals surface area contributed by atoms with Gasteiger partial charge in [0.05, 0.1) is 19.1 Å². The molecule has 1 aliphatic rings. The molecule has 0 aromatic heterocycles. The highest BCUT2D eigenvalue weighted by atomic mass is 35.5. The number of methoxy groups -OCH3 is 2. The largest absolute Gasteiger partial charge is 0.493 e. The van der Waals surface area contributed by atoms with Gasteiger partial charge in [0.1, 0.15) is 5.02 Å². The van der Waals surface area contributed by atoms with E-state index in [1.165, 1.54) is 51.5 Å². The molecule has 31 heavy (non-hydrogen) atoms. The van der Waals surface area contributed by atoms with Crippen molar-refractivity contribution < 1.29 is 33.5 Å². The standard InChI is InChI=1S/C20H15ClN2O8/c1-10(24)30-18-16(28-2)7-11(8-17(18)29-3)6-14-20(25)31-19(22-14)12-4-5-13(21)15(9-12)23(26)27/h4-9H,1-3H3. The van der Waals surface area contributed by atoms with Crippen molar-refractivity contribution in [3.63, 3.8) is 0 Å². The molecular formula is C20H15ClN2O8. The van der Waals surface area contributed by atoms with Gasteiger partial charge in [0.15, 0.2) is 17.2 Å².